The summed E-state index contributed by atoms with van der Waals surface area (Å²) in [5, 5.41) is 13.0. The fraction of sp³-hybridized carbons (Fsp3) is 0.500. The van der Waals surface area contributed by atoms with Crippen LogP contribution in [0.1, 0.15) is 19.4 Å². The molecule has 0 saturated heterocycles. The summed E-state index contributed by atoms with van der Waals surface area (Å²) in [5.41, 5.74) is 0.923. The highest BCUT2D eigenvalue weighted by Crippen LogP contribution is 2.19. The predicted octanol–water partition coefficient (Wildman–Crippen LogP) is 1.57. The van der Waals surface area contributed by atoms with Crippen LogP contribution in [0.4, 0.5) is 0 Å². The van der Waals surface area contributed by atoms with Gasteiger partial charge in [-0.1, -0.05) is 38.0 Å². The van der Waals surface area contributed by atoms with Gasteiger partial charge >= 0.3 is 0 Å². The molecule has 0 aliphatic rings. The lowest BCUT2D eigenvalue weighted by atomic mass is 10.2. The second kappa shape index (κ2) is 9.38. The van der Waals surface area contributed by atoms with Crippen molar-refractivity contribution in [3.05, 3.63) is 29.8 Å². The molecule has 1 rings (SSSR count). The van der Waals surface area contributed by atoms with Gasteiger partial charge in [-0.25, -0.2) is 0 Å². The molecule has 110 valence electrons. The molecule has 0 aliphatic carbocycles. The van der Waals surface area contributed by atoms with Crippen molar-refractivity contribution in [2.24, 2.45) is 0 Å². The van der Waals surface area contributed by atoms with E-state index in [2.05, 4.69) is 11.2 Å². The Hall–Kier alpha value is -1.54. The number of aliphatic hydroxyl groups excluding tert-OH is 1. The van der Waals surface area contributed by atoms with Gasteiger partial charge < -0.3 is 19.9 Å². The van der Waals surface area contributed by atoms with Crippen LogP contribution in [0.2, 0.25) is 0 Å². The lowest BCUT2D eigenvalue weighted by Gasteiger charge is -2.16. The Bertz CT molecular complexity index is 426. The van der Waals surface area contributed by atoms with Crippen LogP contribution in [0.3, 0.4) is 0 Å². The van der Waals surface area contributed by atoms with E-state index in [9.17, 15) is 5.11 Å². The minimum atomic E-state index is -0.544. The molecule has 1 unspecified atom stereocenters. The summed E-state index contributed by atoms with van der Waals surface area (Å²) in [5.74, 6) is 3.14. The summed E-state index contributed by atoms with van der Waals surface area (Å²) >= 11 is 0. The molecule has 0 fully saturated rings. The molecule has 0 spiro atoms. The van der Waals surface area contributed by atoms with Gasteiger partial charge in [-0.05, 0) is 6.07 Å². The van der Waals surface area contributed by atoms with E-state index in [1.54, 1.807) is 0 Å². The SMILES string of the molecule is C#CCOCc1ccccc1OCC(O)CNC(C)C. The molecule has 0 radical (unpaired) electrons. The van der Waals surface area contributed by atoms with Gasteiger partial charge in [0.1, 0.15) is 25.1 Å². The molecule has 1 aromatic carbocycles. The van der Waals surface area contributed by atoms with Crippen LogP contribution in [-0.2, 0) is 11.3 Å². The van der Waals surface area contributed by atoms with Crippen LogP contribution in [0.15, 0.2) is 24.3 Å². The molecule has 4 nitrogen and oxygen atoms in total. The number of ether oxygens (including phenoxy) is 2. The van der Waals surface area contributed by atoms with E-state index >= 15 is 0 Å². The highest BCUT2D eigenvalue weighted by Gasteiger charge is 2.08. The molecule has 0 heterocycles. The van der Waals surface area contributed by atoms with Crippen LogP contribution < -0.4 is 10.1 Å². The third-order valence-electron chi connectivity index (χ3n) is 2.61. The number of aliphatic hydroxyl groups is 1. The third kappa shape index (κ3) is 6.58. The first-order chi connectivity index (χ1) is 9.63. The normalized spacial score (nSPS) is 12.2. The average Bonchev–Trinajstić information content (AvgIpc) is 2.44. The van der Waals surface area contributed by atoms with Crippen molar-refractivity contribution in [3.63, 3.8) is 0 Å². The lowest BCUT2D eigenvalue weighted by Crippen LogP contribution is -2.35. The van der Waals surface area contributed by atoms with E-state index in [1.807, 2.05) is 38.1 Å². The van der Waals surface area contributed by atoms with Gasteiger partial charge in [-0.15, -0.1) is 6.42 Å². The molecule has 1 atom stereocenters. The maximum Gasteiger partial charge on any atom is 0.124 e. The topological polar surface area (TPSA) is 50.7 Å². The summed E-state index contributed by atoms with van der Waals surface area (Å²) in [7, 11) is 0. The second-order valence-electron chi connectivity index (χ2n) is 4.83. The van der Waals surface area contributed by atoms with Crippen LogP contribution in [0.25, 0.3) is 0 Å². The number of benzene rings is 1. The zero-order chi connectivity index (χ0) is 14.8. The molecule has 1 aromatic rings. The maximum atomic E-state index is 9.82. The minimum Gasteiger partial charge on any atom is -0.490 e. The number of rotatable bonds is 9. The maximum absolute atomic E-state index is 9.82. The molecule has 0 amide bonds. The van der Waals surface area contributed by atoms with Gasteiger partial charge in [0.15, 0.2) is 0 Å². The van der Waals surface area contributed by atoms with Crippen molar-refractivity contribution < 1.29 is 14.6 Å². The van der Waals surface area contributed by atoms with Gasteiger partial charge in [0.25, 0.3) is 0 Å². The van der Waals surface area contributed by atoms with E-state index in [0.29, 0.717) is 24.9 Å². The Balaban J connectivity index is 2.44. The van der Waals surface area contributed by atoms with E-state index in [-0.39, 0.29) is 13.2 Å². The van der Waals surface area contributed by atoms with Crippen molar-refractivity contribution in [2.45, 2.75) is 32.6 Å². The van der Waals surface area contributed by atoms with E-state index < -0.39 is 6.10 Å². The van der Waals surface area contributed by atoms with Gasteiger partial charge in [-0.3, -0.25) is 0 Å². The fourth-order valence-corrected chi connectivity index (χ4v) is 1.60. The van der Waals surface area contributed by atoms with E-state index in [4.69, 9.17) is 15.9 Å². The number of nitrogens with one attached hydrogen (secondary N) is 1. The lowest BCUT2D eigenvalue weighted by molar-refractivity contribution is 0.101. The van der Waals surface area contributed by atoms with Gasteiger partial charge in [0, 0.05) is 18.2 Å². The molecule has 4 heteroatoms. The Labute approximate surface area is 121 Å². The second-order valence-corrected chi connectivity index (χ2v) is 4.83. The number of para-hydroxylation sites is 1. The van der Waals surface area contributed by atoms with Crippen LogP contribution >= 0.6 is 0 Å². The van der Waals surface area contributed by atoms with Gasteiger partial charge in [-0.2, -0.15) is 0 Å². The van der Waals surface area contributed by atoms with Crippen LogP contribution in [0, 0.1) is 12.3 Å². The van der Waals surface area contributed by atoms with Gasteiger partial charge in [0.05, 0.1) is 6.61 Å². The van der Waals surface area contributed by atoms with Crippen molar-refractivity contribution in [1.29, 1.82) is 0 Å². The minimum absolute atomic E-state index is 0.242. The molecule has 0 saturated carbocycles. The standard InChI is InChI=1S/C16H23NO3/c1-4-9-19-11-14-7-5-6-8-16(14)20-12-15(18)10-17-13(2)3/h1,5-8,13,15,17-18H,9-12H2,2-3H3. The molecular formula is C16H23NO3. The summed E-state index contributed by atoms with van der Waals surface area (Å²) in [6.07, 6.45) is 4.60. The molecule has 2 N–H and O–H groups in total. The largest absolute Gasteiger partial charge is 0.490 e. The number of terminal acetylenes is 1. The number of hydrogen-bond acceptors (Lipinski definition) is 4. The first kappa shape index (κ1) is 16.5. The van der Waals surface area contributed by atoms with Crippen molar-refractivity contribution in [1.82, 2.24) is 5.32 Å². The van der Waals surface area contributed by atoms with E-state index in [0.717, 1.165) is 5.56 Å². The average molecular weight is 277 g/mol. The molecule has 0 aromatic heterocycles. The van der Waals surface area contributed by atoms with Crippen LogP contribution in [-0.4, -0.2) is 37.0 Å². The van der Waals surface area contributed by atoms with Crippen molar-refractivity contribution in [3.8, 4) is 18.1 Å². The summed E-state index contributed by atoms with van der Waals surface area (Å²) < 4.78 is 10.9. The predicted molar refractivity (Wildman–Crippen MR) is 79.6 cm³/mol. The Morgan fingerprint density at radius 1 is 1.35 bits per heavy atom. The summed E-state index contributed by atoms with van der Waals surface area (Å²) in [6, 6.07) is 7.92. The highest BCUT2D eigenvalue weighted by molar-refractivity contribution is 5.32. The smallest absolute Gasteiger partial charge is 0.124 e. The summed E-state index contributed by atoms with van der Waals surface area (Å²) in [4.78, 5) is 0. The van der Waals surface area contributed by atoms with Gasteiger partial charge in [0.2, 0.25) is 0 Å². The Kier molecular flexibility index (Phi) is 7.74. The number of hydrogen-bond donors (Lipinski definition) is 2. The highest BCUT2D eigenvalue weighted by atomic mass is 16.5. The quantitative estimate of drug-likeness (QED) is 0.531. The van der Waals surface area contributed by atoms with E-state index in [1.165, 1.54) is 0 Å². The van der Waals surface area contributed by atoms with Crippen molar-refractivity contribution in [2.75, 3.05) is 19.8 Å². The zero-order valence-corrected chi connectivity index (χ0v) is 12.1. The molecule has 0 bridgehead atoms. The zero-order valence-electron chi connectivity index (χ0n) is 12.1. The monoisotopic (exact) mass is 277 g/mol. The third-order valence-corrected chi connectivity index (χ3v) is 2.61. The Morgan fingerprint density at radius 3 is 2.80 bits per heavy atom. The van der Waals surface area contributed by atoms with Crippen molar-refractivity contribution >= 4 is 0 Å². The molecule has 20 heavy (non-hydrogen) atoms. The van der Waals surface area contributed by atoms with Crippen LogP contribution in [0.5, 0.6) is 5.75 Å². The first-order valence-electron chi connectivity index (χ1n) is 6.76. The first-order valence-corrected chi connectivity index (χ1v) is 6.76. The molecule has 0 aliphatic heterocycles. The Morgan fingerprint density at radius 2 is 2.10 bits per heavy atom. The molecular weight excluding hydrogens is 254 g/mol. The summed E-state index contributed by atoms with van der Waals surface area (Å²) in [6.45, 7) is 5.49. The fourth-order valence-electron chi connectivity index (χ4n) is 1.60.